The molecule has 0 unspecified atom stereocenters. The second kappa shape index (κ2) is 6.30. The number of hydrogen-bond donors (Lipinski definition) is 1. The molecule has 4 nitrogen and oxygen atoms in total. The van der Waals surface area contributed by atoms with Gasteiger partial charge in [0.2, 0.25) is 0 Å². The molecule has 0 aliphatic rings. The number of hydrogen-bond acceptors (Lipinski definition) is 3. The Balaban J connectivity index is 2.63. The molecule has 1 amide bonds. The SMILES string of the molecule is CC(C)/C(Cl)=N\OC(=O)Nc1ccc(F)cc1F. The maximum Gasteiger partial charge on any atom is 0.437 e. The molecule has 0 radical (unpaired) electrons. The van der Waals surface area contributed by atoms with Crippen LogP contribution in [0, 0.1) is 17.6 Å². The smallest absolute Gasteiger partial charge is 0.297 e. The molecule has 0 bridgehead atoms. The van der Waals surface area contributed by atoms with Crippen molar-refractivity contribution in [3.05, 3.63) is 29.8 Å². The number of nitrogens with zero attached hydrogens (tertiary/aromatic N) is 1. The Morgan fingerprint density at radius 3 is 2.67 bits per heavy atom. The van der Waals surface area contributed by atoms with Crippen molar-refractivity contribution >= 4 is 28.6 Å². The Bertz CT molecular complexity index is 478. The van der Waals surface area contributed by atoms with Crippen molar-refractivity contribution in [3.8, 4) is 0 Å². The lowest BCUT2D eigenvalue weighted by Crippen LogP contribution is -2.13. The van der Waals surface area contributed by atoms with E-state index in [9.17, 15) is 13.6 Å². The molecule has 0 aliphatic carbocycles. The lowest BCUT2D eigenvalue weighted by Gasteiger charge is -2.05. The van der Waals surface area contributed by atoms with Gasteiger partial charge in [-0.15, -0.1) is 0 Å². The second-order valence-corrected chi connectivity index (χ2v) is 4.08. The summed E-state index contributed by atoms with van der Waals surface area (Å²) in [4.78, 5) is 15.6. The van der Waals surface area contributed by atoms with E-state index in [-0.39, 0.29) is 16.8 Å². The van der Waals surface area contributed by atoms with E-state index in [2.05, 4.69) is 15.3 Å². The first-order valence-corrected chi connectivity index (χ1v) is 5.44. The monoisotopic (exact) mass is 276 g/mol. The van der Waals surface area contributed by atoms with E-state index in [1.165, 1.54) is 0 Å². The molecule has 0 heterocycles. The zero-order valence-electron chi connectivity index (χ0n) is 9.71. The van der Waals surface area contributed by atoms with Crippen LogP contribution < -0.4 is 5.32 Å². The fourth-order valence-electron chi connectivity index (χ4n) is 0.914. The summed E-state index contributed by atoms with van der Waals surface area (Å²) in [5.41, 5.74) is -0.211. The standard InChI is InChI=1S/C11H11ClF2N2O2/c1-6(2)10(12)16-18-11(17)15-9-4-3-7(13)5-8(9)14/h3-6H,1-2H3,(H,15,17)/b16-10+. The Hall–Kier alpha value is -1.69. The van der Waals surface area contributed by atoms with E-state index in [1.807, 2.05) is 0 Å². The Labute approximate surface area is 108 Å². The molecular weight excluding hydrogens is 266 g/mol. The van der Waals surface area contributed by atoms with Crippen LogP contribution in [0.5, 0.6) is 0 Å². The summed E-state index contributed by atoms with van der Waals surface area (Å²) in [7, 11) is 0. The third kappa shape index (κ3) is 4.29. The van der Waals surface area contributed by atoms with Crippen molar-refractivity contribution in [2.45, 2.75) is 13.8 Å². The average Bonchev–Trinajstić information content (AvgIpc) is 2.29. The highest BCUT2D eigenvalue weighted by Gasteiger charge is 2.09. The Morgan fingerprint density at radius 1 is 1.44 bits per heavy atom. The van der Waals surface area contributed by atoms with Crippen molar-refractivity contribution in [3.63, 3.8) is 0 Å². The molecule has 0 saturated heterocycles. The van der Waals surface area contributed by atoms with Crippen LogP contribution in [0.3, 0.4) is 0 Å². The number of anilines is 1. The normalized spacial score (nSPS) is 11.6. The van der Waals surface area contributed by atoms with E-state index in [1.54, 1.807) is 13.8 Å². The Kier molecular flexibility index (Phi) is 5.03. The summed E-state index contributed by atoms with van der Waals surface area (Å²) in [6.07, 6.45) is -1.01. The van der Waals surface area contributed by atoms with Gasteiger partial charge in [-0.05, 0) is 12.1 Å². The van der Waals surface area contributed by atoms with Crippen LogP contribution in [-0.2, 0) is 4.84 Å². The number of nitrogens with one attached hydrogen (secondary N) is 1. The number of amides is 1. The highest BCUT2D eigenvalue weighted by molar-refractivity contribution is 6.65. The number of rotatable bonds is 3. The molecule has 0 spiro atoms. The van der Waals surface area contributed by atoms with Crippen LogP contribution in [0.1, 0.15) is 13.8 Å². The molecule has 1 N–H and O–H groups in total. The highest BCUT2D eigenvalue weighted by atomic mass is 35.5. The molecule has 0 fully saturated rings. The zero-order chi connectivity index (χ0) is 13.7. The molecular formula is C11H11ClF2N2O2. The van der Waals surface area contributed by atoms with Crippen LogP contribution in [0.25, 0.3) is 0 Å². The molecule has 98 valence electrons. The van der Waals surface area contributed by atoms with Gasteiger partial charge in [-0.25, -0.2) is 13.6 Å². The van der Waals surface area contributed by atoms with E-state index < -0.39 is 17.7 Å². The van der Waals surface area contributed by atoms with Crippen molar-refractivity contribution in [1.29, 1.82) is 0 Å². The summed E-state index contributed by atoms with van der Waals surface area (Å²) in [6, 6.07) is 2.71. The molecule has 1 aromatic rings. The van der Waals surface area contributed by atoms with Gasteiger partial charge in [-0.1, -0.05) is 30.6 Å². The van der Waals surface area contributed by atoms with E-state index in [0.29, 0.717) is 6.07 Å². The van der Waals surface area contributed by atoms with Crippen LogP contribution >= 0.6 is 11.6 Å². The highest BCUT2D eigenvalue weighted by Crippen LogP contribution is 2.15. The van der Waals surface area contributed by atoms with E-state index in [0.717, 1.165) is 12.1 Å². The number of carbonyl (C=O) groups is 1. The molecule has 1 aromatic carbocycles. The third-order valence-electron chi connectivity index (χ3n) is 1.86. The fourth-order valence-corrected chi connectivity index (χ4v) is 0.949. The summed E-state index contributed by atoms with van der Waals surface area (Å²) in [5, 5.41) is 5.51. The lowest BCUT2D eigenvalue weighted by molar-refractivity contribution is 0.166. The Morgan fingerprint density at radius 2 is 2.11 bits per heavy atom. The van der Waals surface area contributed by atoms with Gasteiger partial charge in [-0.2, -0.15) is 0 Å². The van der Waals surface area contributed by atoms with Gasteiger partial charge < -0.3 is 0 Å². The van der Waals surface area contributed by atoms with Gasteiger partial charge in [0.1, 0.15) is 16.8 Å². The second-order valence-electron chi connectivity index (χ2n) is 3.70. The number of benzene rings is 1. The van der Waals surface area contributed by atoms with E-state index >= 15 is 0 Å². The maximum absolute atomic E-state index is 13.2. The van der Waals surface area contributed by atoms with Gasteiger partial charge in [0.05, 0.1) is 5.69 Å². The maximum atomic E-state index is 13.2. The first kappa shape index (κ1) is 14.4. The summed E-state index contributed by atoms with van der Waals surface area (Å²) < 4.78 is 25.8. The largest absolute Gasteiger partial charge is 0.437 e. The fraction of sp³-hybridized carbons (Fsp3) is 0.273. The van der Waals surface area contributed by atoms with E-state index in [4.69, 9.17) is 11.6 Å². The number of carbonyl (C=O) groups excluding carboxylic acids is 1. The van der Waals surface area contributed by atoms with Gasteiger partial charge in [-0.3, -0.25) is 10.2 Å². The predicted octanol–water partition coefficient (Wildman–Crippen LogP) is 3.72. The van der Waals surface area contributed by atoms with Gasteiger partial charge in [0.25, 0.3) is 0 Å². The molecule has 0 saturated carbocycles. The van der Waals surface area contributed by atoms with Crippen molar-refractivity contribution in [1.82, 2.24) is 0 Å². The molecule has 0 aliphatic heterocycles. The van der Waals surface area contributed by atoms with Crippen molar-refractivity contribution < 1.29 is 18.4 Å². The summed E-state index contributed by atoms with van der Waals surface area (Å²) in [5.74, 6) is -1.75. The van der Waals surface area contributed by atoms with Crippen LogP contribution in [0.4, 0.5) is 19.3 Å². The van der Waals surface area contributed by atoms with Crippen LogP contribution in [0.15, 0.2) is 23.4 Å². The van der Waals surface area contributed by atoms with Crippen LogP contribution in [-0.4, -0.2) is 11.3 Å². The zero-order valence-corrected chi connectivity index (χ0v) is 10.5. The minimum absolute atomic E-state index is 0.0953. The summed E-state index contributed by atoms with van der Waals surface area (Å²) >= 11 is 5.64. The van der Waals surface area contributed by atoms with Gasteiger partial charge >= 0.3 is 6.09 Å². The lowest BCUT2D eigenvalue weighted by atomic mass is 10.2. The molecule has 0 atom stereocenters. The van der Waals surface area contributed by atoms with Crippen molar-refractivity contribution in [2.75, 3.05) is 5.32 Å². The van der Waals surface area contributed by atoms with Crippen molar-refractivity contribution in [2.24, 2.45) is 11.1 Å². The minimum Gasteiger partial charge on any atom is -0.297 e. The first-order chi connectivity index (χ1) is 8.40. The quantitative estimate of drug-likeness (QED) is 0.520. The predicted molar refractivity (Wildman–Crippen MR) is 64.6 cm³/mol. The minimum atomic E-state index is -1.01. The molecule has 0 aromatic heterocycles. The number of oxime groups is 1. The number of halogens is 3. The van der Waals surface area contributed by atoms with Crippen LogP contribution in [0.2, 0.25) is 0 Å². The molecule has 7 heteroatoms. The van der Waals surface area contributed by atoms with Gasteiger partial charge in [0.15, 0.2) is 0 Å². The first-order valence-electron chi connectivity index (χ1n) is 5.06. The molecule has 18 heavy (non-hydrogen) atoms. The third-order valence-corrected chi connectivity index (χ3v) is 2.37. The topological polar surface area (TPSA) is 50.7 Å². The van der Waals surface area contributed by atoms with Gasteiger partial charge in [0, 0.05) is 12.0 Å². The summed E-state index contributed by atoms with van der Waals surface area (Å²) in [6.45, 7) is 3.51. The molecule has 1 rings (SSSR count). The average molecular weight is 277 g/mol.